The van der Waals surface area contributed by atoms with Crippen LogP contribution in [0.15, 0.2) is 30.3 Å². The number of hydrogen-bond donors (Lipinski definition) is 1. The van der Waals surface area contributed by atoms with Gasteiger partial charge in [-0.15, -0.1) is 0 Å². The molecule has 0 radical (unpaired) electrons. The summed E-state index contributed by atoms with van der Waals surface area (Å²) in [7, 11) is 0. The second-order valence-electron chi connectivity index (χ2n) is 4.63. The average molecular weight is 316 g/mol. The largest absolute Gasteiger partial charge is 0.324 e. The first-order valence-corrected chi connectivity index (χ1v) is 6.79. The molecule has 0 aromatic heterocycles. The molecule has 0 amide bonds. The molecule has 5 heteroatoms. The number of nitrogens with two attached hydrogens (primary N) is 1. The Balaban J connectivity index is 2.33. The predicted octanol–water partition coefficient (Wildman–Crippen LogP) is 4.82. The maximum absolute atomic E-state index is 13.8. The van der Waals surface area contributed by atoms with E-state index in [4.69, 9.17) is 28.9 Å². The van der Waals surface area contributed by atoms with E-state index in [-0.39, 0.29) is 12.0 Å². The van der Waals surface area contributed by atoms with Crippen LogP contribution >= 0.6 is 23.2 Å². The van der Waals surface area contributed by atoms with Crippen LogP contribution in [0.2, 0.25) is 10.0 Å². The number of aryl methyl sites for hydroxylation is 1. The first kappa shape index (κ1) is 15.2. The van der Waals surface area contributed by atoms with Gasteiger partial charge in [0.1, 0.15) is 11.6 Å². The van der Waals surface area contributed by atoms with Crippen molar-refractivity contribution in [3.8, 4) is 0 Å². The van der Waals surface area contributed by atoms with E-state index in [1.54, 1.807) is 25.1 Å². The minimum absolute atomic E-state index is 0.250. The van der Waals surface area contributed by atoms with Crippen LogP contribution in [0.4, 0.5) is 8.78 Å². The average Bonchev–Trinajstić information content (AvgIpc) is 2.38. The van der Waals surface area contributed by atoms with Gasteiger partial charge in [0.05, 0.1) is 0 Å². The minimum atomic E-state index is -0.663. The van der Waals surface area contributed by atoms with Gasteiger partial charge >= 0.3 is 0 Å². The third kappa shape index (κ3) is 3.11. The zero-order valence-electron chi connectivity index (χ0n) is 10.8. The molecule has 1 unspecified atom stereocenters. The maximum atomic E-state index is 13.8. The topological polar surface area (TPSA) is 26.0 Å². The standard InChI is InChI=1S/C15H13Cl2F2N/c1-8-5-10(14(19)7-13(8)18)15(20)6-9-11(16)3-2-4-12(9)17/h2-5,7,15H,6,20H2,1H3. The van der Waals surface area contributed by atoms with Gasteiger partial charge in [-0.2, -0.15) is 0 Å². The fourth-order valence-electron chi connectivity index (χ4n) is 2.02. The zero-order valence-corrected chi connectivity index (χ0v) is 12.3. The van der Waals surface area contributed by atoms with Crippen LogP contribution in [0.25, 0.3) is 0 Å². The predicted molar refractivity (Wildman–Crippen MR) is 78.2 cm³/mol. The number of rotatable bonds is 3. The molecular weight excluding hydrogens is 303 g/mol. The normalized spacial score (nSPS) is 12.5. The molecule has 0 heterocycles. The number of halogens is 4. The Morgan fingerprint density at radius 3 is 2.30 bits per heavy atom. The van der Waals surface area contributed by atoms with Gasteiger partial charge in [-0.05, 0) is 42.7 Å². The third-order valence-electron chi connectivity index (χ3n) is 3.16. The van der Waals surface area contributed by atoms with Crippen molar-refractivity contribution < 1.29 is 8.78 Å². The molecule has 2 N–H and O–H groups in total. The van der Waals surface area contributed by atoms with Gasteiger partial charge in [-0.1, -0.05) is 29.3 Å². The van der Waals surface area contributed by atoms with E-state index < -0.39 is 17.7 Å². The lowest BCUT2D eigenvalue weighted by atomic mass is 9.97. The molecule has 2 aromatic rings. The molecule has 0 aliphatic rings. The van der Waals surface area contributed by atoms with E-state index in [1.165, 1.54) is 6.07 Å². The second-order valence-corrected chi connectivity index (χ2v) is 5.45. The Morgan fingerprint density at radius 1 is 1.10 bits per heavy atom. The van der Waals surface area contributed by atoms with Crippen LogP contribution < -0.4 is 5.73 Å². The monoisotopic (exact) mass is 315 g/mol. The highest BCUT2D eigenvalue weighted by Gasteiger charge is 2.17. The van der Waals surface area contributed by atoms with Gasteiger partial charge in [0.2, 0.25) is 0 Å². The molecule has 0 aliphatic heterocycles. The smallest absolute Gasteiger partial charge is 0.130 e. The summed E-state index contributed by atoms with van der Waals surface area (Å²) in [6.07, 6.45) is 0.278. The van der Waals surface area contributed by atoms with Crippen molar-refractivity contribution in [3.63, 3.8) is 0 Å². The van der Waals surface area contributed by atoms with Crippen LogP contribution in [0.3, 0.4) is 0 Å². The number of benzene rings is 2. The molecule has 0 saturated heterocycles. The lowest BCUT2D eigenvalue weighted by Crippen LogP contribution is -2.16. The van der Waals surface area contributed by atoms with Crippen LogP contribution in [-0.2, 0) is 6.42 Å². The molecule has 0 spiro atoms. The van der Waals surface area contributed by atoms with Gasteiger partial charge in [0.25, 0.3) is 0 Å². The van der Waals surface area contributed by atoms with Gasteiger partial charge in [-0.3, -0.25) is 0 Å². The SMILES string of the molecule is Cc1cc(C(N)Cc2c(Cl)cccc2Cl)c(F)cc1F. The molecule has 0 bridgehead atoms. The molecule has 1 nitrogen and oxygen atoms in total. The van der Waals surface area contributed by atoms with Crippen LogP contribution in [0.5, 0.6) is 0 Å². The Morgan fingerprint density at radius 2 is 1.70 bits per heavy atom. The van der Waals surface area contributed by atoms with Gasteiger partial charge in [-0.25, -0.2) is 8.78 Å². The first-order chi connectivity index (χ1) is 9.40. The maximum Gasteiger partial charge on any atom is 0.130 e. The van der Waals surface area contributed by atoms with Crippen molar-refractivity contribution in [2.45, 2.75) is 19.4 Å². The van der Waals surface area contributed by atoms with Crippen molar-refractivity contribution in [2.24, 2.45) is 5.73 Å². The van der Waals surface area contributed by atoms with Gasteiger partial charge in [0.15, 0.2) is 0 Å². The summed E-state index contributed by atoms with van der Waals surface area (Å²) in [5.41, 5.74) is 7.26. The minimum Gasteiger partial charge on any atom is -0.324 e. The summed E-state index contributed by atoms with van der Waals surface area (Å²) in [6.45, 7) is 1.56. The van der Waals surface area contributed by atoms with Crippen LogP contribution in [0.1, 0.15) is 22.7 Å². The fraction of sp³-hybridized carbons (Fsp3) is 0.200. The molecule has 0 aliphatic carbocycles. The van der Waals surface area contributed by atoms with E-state index in [1.807, 2.05) is 0 Å². The molecule has 2 rings (SSSR count). The highest BCUT2D eigenvalue weighted by Crippen LogP contribution is 2.29. The van der Waals surface area contributed by atoms with E-state index >= 15 is 0 Å². The van der Waals surface area contributed by atoms with E-state index in [2.05, 4.69) is 0 Å². The van der Waals surface area contributed by atoms with Crippen LogP contribution in [0, 0.1) is 18.6 Å². The summed E-state index contributed by atoms with van der Waals surface area (Å²) in [6, 6.07) is 6.73. The lowest BCUT2D eigenvalue weighted by molar-refractivity contribution is 0.550. The van der Waals surface area contributed by atoms with Crippen molar-refractivity contribution in [1.82, 2.24) is 0 Å². The Hall–Kier alpha value is -1.16. The molecule has 0 fully saturated rings. The molecule has 1 atom stereocenters. The van der Waals surface area contributed by atoms with Crippen molar-refractivity contribution in [2.75, 3.05) is 0 Å². The number of hydrogen-bond acceptors (Lipinski definition) is 1. The zero-order chi connectivity index (χ0) is 14.9. The molecule has 20 heavy (non-hydrogen) atoms. The Labute approximate surface area is 126 Å². The highest BCUT2D eigenvalue weighted by molar-refractivity contribution is 6.36. The second kappa shape index (κ2) is 6.08. The highest BCUT2D eigenvalue weighted by atomic mass is 35.5. The molecule has 2 aromatic carbocycles. The van der Waals surface area contributed by atoms with Gasteiger partial charge in [0, 0.05) is 27.7 Å². The first-order valence-electron chi connectivity index (χ1n) is 6.04. The fourth-order valence-corrected chi connectivity index (χ4v) is 2.57. The van der Waals surface area contributed by atoms with Crippen molar-refractivity contribution >= 4 is 23.2 Å². The molecule has 0 saturated carbocycles. The van der Waals surface area contributed by atoms with E-state index in [0.717, 1.165) is 6.07 Å². The summed E-state index contributed by atoms with van der Waals surface area (Å²) >= 11 is 12.1. The van der Waals surface area contributed by atoms with Crippen molar-refractivity contribution in [1.29, 1.82) is 0 Å². The summed E-state index contributed by atoms with van der Waals surface area (Å²) in [5, 5.41) is 0.958. The van der Waals surface area contributed by atoms with E-state index in [9.17, 15) is 8.78 Å². The van der Waals surface area contributed by atoms with Gasteiger partial charge < -0.3 is 5.73 Å². The molecule has 106 valence electrons. The lowest BCUT2D eigenvalue weighted by Gasteiger charge is -2.16. The third-order valence-corrected chi connectivity index (χ3v) is 3.87. The molecular formula is C15H13Cl2F2N. The van der Waals surface area contributed by atoms with Crippen LogP contribution in [-0.4, -0.2) is 0 Å². The quantitative estimate of drug-likeness (QED) is 0.863. The van der Waals surface area contributed by atoms with E-state index in [0.29, 0.717) is 21.2 Å². The Kier molecular flexibility index (Phi) is 4.63. The van der Waals surface area contributed by atoms with Crippen molar-refractivity contribution in [3.05, 3.63) is 68.7 Å². The summed E-state index contributed by atoms with van der Waals surface area (Å²) < 4.78 is 27.1. The summed E-state index contributed by atoms with van der Waals surface area (Å²) in [5.74, 6) is -1.25. The Bertz CT molecular complexity index is 624. The summed E-state index contributed by atoms with van der Waals surface area (Å²) in [4.78, 5) is 0.